The van der Waals surface area contributed by atoms with E-state index in [0.717, 1.165) is 22.3 Å². The third kappa shape index (κ3) is 2.05. The number of halogens is 1. The van der Waals surface area contributed by atoms with Gasteiger partial charge in [-0.2, -0.15) is 0 Å². The molecule has 0 heterocycles. The summed E-state index contributed by atoms with van der Waals surface area (Å²) in [5.41, 5.74) is 1.30. The van der Waals surface area contributed by atoms with E-state index in [1.165, 1.54) is 6.07 Å². The van der Waals surface area contributed by atoms with Gasteiger partial charge in [0.25, 0.3) is 0 Å². The first kappa shape index (κ1) is 8.27. The number of hydrogen-bond acceptors (Lipinski definition) is 2. The molecule has 58 valence electrons. The zero-order chi connectivity index (χ0) is 8.27. The molecule has 0 aromatic heterocycles. The van der Waals surface area contributed by atoms with E-state index in [1.807, 2.05) is 0 Å². The fourth-order valence-electron chi connectivity index (χ4n) is 0.746. The Balaban J connectivity index is 2.95. The van der Waals surface area contributed by atoms with Crippen LogP contribution in [0.15, 0.2) is 23.1 Å². The van der Waals surface area contributed by atoms with Crippen LogP contribution in [0.4, 0.5) is 4.39 Å². The van der Waals surface area contributed by atoms with Crippen LogP contribution in [-0.2, 0) is 4.79 Å². The standard InChI is InChI=1S/C8H7FOS/c1-6-4-7(11-5-10)2-3-8(6)9/h2-5H,1H3. The third-order valence-corrected chi connectivity index (χ3v) is 1.94. The summed E-state index contributed by atoms with van der Waals surface area (Å²) in [5, 5.41) is 0. The zero-order valence-corrected chi connectivity index (χ0v) is 6.82. The molecule has 3 heteroatoms. The molecule has 0 unspecified atom stereocenters. The fourth-order valence-corrected chi connectivity index (χ4v) is 1.25. The van der Waals surface area contributed by atoms with Crippen LogP contribution in [0.3, 0.4) is 0 Å². The SMILES string of the molecule is Cc1cc(SC=O)ccc1F. The van der Waals surface area contributed by atoms with Crippen LogP contribution in [0.2, 0.25) is 0 Å². The maximum Gasteiger partial charge on any atom is 0.180 e. The minimum atomic E-state index is -0.236. The van der Waals surface area contributed by atoms with E-state index in [-0.39, 0.29) is 5.82 Å². The number of benzene rings is 1. The molecule has 0 spiro atoms. The van der Waals surface area contributed by atoms with Crippen molar-refractivity contribution in [1.82, 2.24) is 0 Å². The highest BCUT2D eigenvalue weighted by Crippen LogP contribution is 2.17. The Labute approximate surface area is 68.6 Å². The molecule has 0 bridgehead atoms. The first-order valence-corrected chi connectivity index (χ1v) is 3.98. The first-order chi connectivity index (χ1) is 5.24. The van der Waals surface area contributed by atoms with Gasteiger partial charge >= 0.3 is 0 Å². The van der Waals surface area contributed by atoms with Gasteiger partial charge in [0.05, 0.1) is 0 Å². The Bertz CT molecular complexity index is 273. The summed E-state index contributed by atoms with van der Waals surface area (Å²) < 4.78 is 12.6. The second-order valence-electron chi connectivity index (χ2n) is 2.13. The number of carbonyl (C=O) groups excluding carboxylic acids is 1. The molecule has 0 atom stereocenters. The maximum atomic E-state index is 12.6. The summed E-state index contributed by atoms with van der Waals surface area (Å²) in [6.45, 7) is 1.67. The van der Waals surface area contributed by atoms with Gasteiger partial charge < -0.3 is 0 Å². The average Bonchev–Trinajstić information content (AvgIpc) is 1.98. The van der Waals surface area contributed by atoms with Crippen molar-refractivity contribution in [3.05, 3.63) is 29.6 Å². The largest absolute Gasteiger partial charge is 0.291 e. The minimum Gasteiger partial charge on any atom is -0.291 e. The zero-order valence-electron chi connectivity index (χ0n) is 6.00. The van der Waals surface area contributed by atoms with Gasteiger partial charge in [0, 0.05) is 4.90 Å². The lowest BCUT2D eigenvalue weighted by Crippen LogP contribution is -1.81. The topological polar surface area (TPSA) is 17.1 Å². The highest BCUT2D eigenvalue weighted by molar-refractivity contribution is 8.11. The minimum absolute atomic E-state index is 0.236. The molecule has 0 saturated carbocycles. The van der Waals surface area contributed by atoms with Crippen molar-refractivity contribution in [1.29, 1.82) is 0 Å². The molecule has 1 aromatic carbocycles. The van der Waals surface area contributed by atoms with Gasteiger partial charge in [-0.1, -0.05) is 11.8 Å². The van der Waals surface area contributed by atoms with Gasteiger partial charge in [0.2, 0.25) is 0 Å². The molecule has 0 N–H and O–H groups in total. The van der Waals surface area contributed by atoms with Gasteiger partial charge in [-0.05, 0) is 30.7 Å². The lowest BCUT2D eigenvalue weighted by Gasteiger charge is -1.97. The molecule has 1 rings (SSSR count). The Morgan fingerprint density at radius 3 is 2.82 bits per heavy atom. The van der Waals surface area contributed by atoms with Gasteiger partial charge in [-0.15, -0.1) is 0 Å². The van der Waals surface area contributed by atoms with E-state index < -0.39 is 0 Å². The van der Waals surface area contributed by atoms with Gasteiger partial charge in [-0.25, -0.2) is 4.39 Å². The predicted molar refractivity (Wildman–Crippen MR) is 43.7 cm³/mol. The molecule has 0 fully saturated rings. The van der Waals surface area contributed by atoms with E-state index in [0.29, 0.717) is 5.56 Å². The van der Waals surface area contributed by atoms with Crippen molar-refractivity contribution >= 4 is 17.4 Å². The van der Waals surface area contributed by atoms with Crippen LogP contribution in [0, 0.1) is 12.7 Å². The monoisotopic (exact) mass is 170 g/mol. The van der Waals surface area contributed by atoms with Crippen LogP contribution < -0.4 is 0 Å². The number of hydrogen-bond donors (Lipinski definition) is 0. The summed E-state index contributed by atoms with van der Waals surface area (Å²) in [6, 6.07) is 4.59. The molecule has 1 nitrogen and oxygen atoms in total. The van der Waals surface area contributed by atoms with Crippen molar-refractivity contribution in [3.8, 4) is 0 Å². The average molecular weight is 170 g/mol. The smallest absolute Gasteiger partial charge is 0.180 e. The lowest BCUT2D eigenvalue weighted by atomic mass is 10.2. The Kier molecular flexibility index (Phi) is 2.65. The fraction of sp³-hybridized carbons (Fsp3) is 0.125. The van der Waals surface area contributed by atoms with Crippen molar-refractivity contribution in [2.45, 2.75) is 11.8 Å². The lowest BCUT2D eigenvalue weighted by molar-refractivity contribution is 0.570. The highest BCUT2D eigenvalue weighted by atomic mass is 32.2. The summed E-state index contributed by atoms with van der Waals surface area (Å²) >= 11 is 1.05. The maximum absolute atomic E-state index is 12.6. The molecule has 0 radical (unpaired) electrons. The van der Waals surface area contributed by atoms with Gasteiger partial charge in [-0.3, -0.25) is 4.79 Å². The second kappa shape index (κ2) is 3.53. The molecule has 1 aromatic rings. The first-order valence-electron chi connectivity index (χ1n) is 3.10. The molecule has 0 aliphatic heterocycles. The molecule has 0 amide bonds. The molecular weight excluding hydrogens is 163 g/mol. The molecular formula is C8H7FOS. The molecule has 0 saturated heterocycles. The van der Waals surface area contributed by atoms with E-state index in [2.05, 4.69) is 0 Å². The Morgan fingerprint density at radius 2 is 2.27 bits per heavy atom. The summed E-state index contributed by atoms with van der Waals surface area (Å²) in [4.78, 5) is 10.8. The molecule has 0 aliphatic carbocycles. The van der Waals surface area contributed by atoms with E-state index in [4.69, 9.17) is 0 Å². The third-order valence-electron chi connectivity index (χ3n) is 1.31. The van der Waals surface area contributed by atoms with Crippen LogP contribution in [0.1, 0.15) is 5.56 Å². The second-order valence-corrected chi connectivity index (χ2v) is 3.02. The number of carbonyl (C=O) groups is 1. The highest BCUT2D eigenvalue weighted by Gasteiger charge is 1.97. The van der Waals surface area contributed by atoms with Crippen LogP contribution in [0.25, 0.3) is 0 Å². The molecule has 11 heavy (non-hydrogen) atoms. The summed E-state index contributed by atoms with van der Waals surface area (Å²) in [6.07, 6.45) is 0. The predicted octanol–water partition coefficient (Wildman–Crippen LogP) is 2.42. The quantitative estimate of drug-likeness (QED) is 0.501. The van der Waals surface area contributed by atoms with Crippen LogP contribution in [0.5, 0.6) is 0 Å². The van der Waals surface area contributed by atoms with E-state index in [9.17, 15) is 9.18 Å². The van der Waals surface area contributed by atoms with Crippen molar-refractivity contribution in [3.63, 3.8) is 0 Å². The molecule has 0 aliphatic rings. The summed E-state index contributed by atoms with van der Waals surface area (Å²) in [5.74, 6) is -0.236. The van der Waals surface area contributed by atoms with Crippen molar-refractivity contribution in [2.24, 2.45) is 0 Å². The normalized spacial score (nSPS) is 9.64. The van der Waals surface area contributed by atoms with E-state index in [1.54, 1.807) is 19.1 Å². The number of aryl methyl sites for hydroxylation is 1. The van der Waals surface area contributed by atoms with Crippen molar-refractivity contribution < 1.29 is 9.18 Å². The number of thioether (sulfide) groups is 1. The van der Waals surface area contributed by atoms with Gasteiger partial charge in [0.1, 0.15) is 5.82 Å². The van der Waals surface area contributed by atoms with Crippen molar-refractivity contribution in [2.75, 3.05) is 0 Å². The van der Waals surface area contributed by atoms with E-state index >= 15 is 0 Å². The summed E-state index contributed by atoms with van der Waals surface area (Å²) in [7, 11) is 0. The van der Waals surface area contributed by atoms with Crippen LogP contribution in [-0.4, -0.2) is 5.62 Å². The Hall–Kier alpha value is -0.830. The van der Waals surface area contributed by atoms with Crippen LogP contribution >= 0.6 is 11.8 Å². The van der Waals surface area contributed by atoms with Gasteiger partial charge in [0.15, 0.2) is 5.62 Å². The Morgan fingerprint density at radius 1 is 1.55 bits per heavy atom. The number of rotatable bonds is 2.